The quantitative estimate of drug-likeness (QED) is 0.539. The Labute approximate surface area is 82.5 Å². The summed E-state index contributed by atoms with van der Waals surface area (Å²) in [5.41, 5.74) is 0.320. The van der Waals surface area contributed by atoms with E-state index in [0.717, 1.165) is 19.5 Å². The number of aromatic amines is 1. The van der Waals surface area contributed by atoms with Crippen LogP contribution < -0.4 is 10.6 Å². The van der Waals surface area contributed by atoms with Crippen LogP contribution in [0.3, 0.4) is 0 Å². The highest BCUT2D eigenvalue weighted by Gasteiger charge is 2.06. The highest BCUT2D eigenvalue weighted by atomic mass is 16.1. The summed E-state index contributed by atoms with van der Waals surface area (Å²) in [6.45, 7) is 4.45. The number of amides is 1. The van der Waals surface area contributed by atoms with E-state index in [1.54, 1.807) is 0 Å². The first-order chi connectivity index (χ1) is 6.84. The predicted octanol–water partition coefficient (Wildman–Crippen LogP) is -0.466. The minimum atomic E-state index is -0.197. The second-order valence-electron chi connectivity index (χ2n) is 2.86. The summed E-state index contributed by atoms with van der Waals surface area (Å²) < 4.78 is 0. The molecule has 1 aromatic heterocycles. The van der Waals surface area contributed by atoms with Crippen molar-refractivity contribution in [3.8, 4) is 0 Å². The molecule has 0 aliphatic rings. The van der Waals surface area contributed by atoms with Crippen LogP contribution in [0.15, 0.2) is 6.20 Å². The van der Waals surface area contributed by atoms with E-state index in [4.69, 9.17) is 0 Å². The lowest BCUT2D eigenvalue weighted by Crippen LogP contribution is -2.32. The summed E-state index contributed by atoms with van der Waals surface area (Å²) in [4.78, 5) is 11.3. The first kappa shape index (κ1) is 10.6. The van der Waals surface area contributed by atoms with E-state index in [0.29, 0.717) is 12.2 Å². The van der Waals surface area contributed by atoms with Crippen molar-refractivity contribution in [1.29, 1.82) is 0 Å². The maximum atomic E-state index is 11.3. The van der Waals surface area contributed by atoms with Crippen LogP contribution in [0.1, 0.15) is 23.8 Å². The number of H-pyrrole nitrogens is 1. The van der Waals surface area contributed by atoms with Gasteiger partial charge in [0, 0.05) is 13.1 Å². The van der Waals surface area contributed by atoms with Crippen LogP contribution in [0.5, 0.6) is 0 Å². The van der Waals surface area contributed by atoms with Crippen LogP contribution in [0.25, 0.3) is 0 Å². The highest BCUT2D eigenvalue weighted by Crippen LogP contribution is 1.86. The molecule has 0 atom stereocenters. The molecule has 6 nitrogen and oxygen atoms in total. The van der Waals surface area contributed by atoms with Gasteiger partial charge >= 0.3 is 0 Å². The maximum absolute atomic E-state index is 11.3. The van der Waals surface area contributed by atoms with Crippen LogP contribution >= 0.6 is 0 Å². The summed E-state index contributed by atoms with van der Waals surface area (Å²) in [7, 11) is 0. The molecule has 0 aliphatic heterocycles. The van der Waals surface area contributed by atoms with Crippen LogP contribution in [-0.2, 0) is 0 Å². The van der Waals surface area contributed by atoms with Gasteiger partial charge in [-0.25, -0.2) is 0 Å². The van der Waals surface area contributed by atoms with Crippen molar-refractivity contribution in [2.75, 3.05) is 19.6 Å². The minimum Gasteiger partial charge on any atom is -0.349 e. The van der Waals surface area contributed by atoms with Gasteiger partial charge in [-0.15, -0.1) is 0 Å². The molecule has 0 aliphatic carbocycles. The van der Waals surface area contributed by atoms with Crippen molar-refractivity contribution < 1.29 is 4.79 Å². The Kier molecular flexibility index (Phi) is 4.63. The van der Waals surface area contributed by atoms with Gasteiger partial charge < -0.3 is 10.6 Å². The topological polar surface area (TPSA) is 82.7 Å². The van der Waals surface area contributed by atoms with Crippen molar-refractivity contribution >= 4 is 5.91 Å². The fourth-order valence-corrected chi connectivity index (χ4v) is 0.968. The number of aromatic nitrogens is 3. The second-order valence-corrected chi connectivity index (χ2v) is 2.86. The zero-order valence-corrected chi connectivity index (χ0v) is 8.21. The molecule has 0 fully saturated rings. The van der Waals surface area contributed by atoms with Crippen molar-refractivity contribution in [1.82, 2.24) is 26.0 Å². The van der Waals surface area contributed by atoms with E-state index < -0.39 is 0 Å². The Morgan fingerprint density at radius 2 is 2.36 bits per heavy atom. The largest absolute Gasteiger partial charge is 0.349 e. The van der Waals surface area contributed by atoms with E-state index >= 15 is 0 Å². The summed E-state index contributed by atoms with van der Waals surface area (Å²) >= 11 is 0. The Bertz CT molecular complexity index is 259. The lowest BCUT2D eigenvalue weighted by molar-refractivity contribution is 0.0949. The molecular formula is C8H15N5O. The second kappa shape index (κ2) is 6.09. The summed E-state index contributed by atoms with van der Waals surface area (Å²) in [6, 6.07) is 0. The van der Waals surface area contributed by atoms with Gasteiger partial charge in [0.05, 0.1) is 6.20 Å². The molecule has 78 valence electrons. The van der Waals surface area contributed by atoms with Gasteiger partial charge in [0.1, 0.15) is 0 Å². The summed E-state index contributed by atoms with van der Waals surface area (Å²) in [5, 5.41) is 15.5. The Morgan fingerprint density at radius 1 is 1.50 bits per heavy atom. The summed E-state index contributed by atoms with van der Waals surface area (Å²) in [6.07, 6.45) is 2.49. The number of hydrogen-bond donors (Lipinski definition) is 3. The van der Waals surface area contributed by atoms with Gasteiger partial charge in [0.2, 0.25) is 0 Å². The fourth-order valence-electron chi connectivity index (χ4n) is 0.968. The molecule has 1 heterocycles. The molecule has 0 unspecified atom stereocenters. The van der Waals surface area contributed by atoms with E-state index in [9.17, 15) is 4.79 Å². The van der Waals surface area contributed by atoms with Crippen molar-refractivity contribution in [3.05, 3.63) is 11.9 Å². The molecule has 3 N–H and O–H groups in total. The normalized spacial score (nSPS) is 10.1. The van der Waals surface area contributed by atoms with E-state index in [1.165, 1.54) is 6.20 Å². The first-order valence-corrected chi connectivity index (χ1v) is 4.69. The van der Waals surface area contributed by atoms with E-state index in [-0.39, 0.29) is 5.91 Å². The molecule has 0 saturated heterocycles. The zero-order valence-electron chi connectivity index (χ0n) is 8.21. The summed E-state index contributed by atoms with van der Waals surface area (Å²) in [5.74, 6) is -0.197. The molecule has 0 saturated carbocycles. The third-order valence-corrected chi connectivity index (χ3v) is 1.66. The average molecular weight is 197 g/mol. The lowest BCUT2D eigenvalue weighted by Gasteiger charge is -2.03. The first-order valence-electron chi connectivity index (χ1n) is 4.69. The molecule has 14 heavy (non-hydrogen) atoms. The maximum Gasteiger partial charge on any atom is 0.273 e. The molecular weight excluding hydrogens is 182 g/mol. The van der Waals surface area contributed by atoms with E-state index in [1.807, 2.05) is 0 Å². The van der Waals surface area contributed by atoms with Crippen molar-refractivity contribution in [3.63, 3.8) is 0 Å². The van der Waals surface area contributed by atoms with Crippen molar-refractivity contribution in [2.45, 2.75) is 13.3 Å². The van der Waals surface area contributed by atoms with Crippen LogP contribution in [0, 0.1) is 0 Å². The van der Waals surface area contributed by atoms with Gasteiger partial charge in [-0.1, -0.05) is 6.92 Å². The number of hydrogen-bond acceptors (Lipinski definition) is 4. The smallest absolute Gasteiger partial charge is 0.273 e. The average Bonchev–Trinajstić information content (AvgIpc) is 2.70. The minimum absolute atomic E-state index is 0.197. The molecule has 0 spiro atoms. The predicted molar refractivity (Wildman–Crippen MR) is 51.9 cm³/mol. The fraction of sp³-hybridized carbons (Fsp3) is 0.625. The SMILES string of the molecule is CCCNCCNC(=O)c1cn[nH]n1. The van der Waals surface area contributed by atoms with Crippen molar-refractivity contribution in [2.24, 2.45) is 0 Å². The van der Waals surface area contributed by atoms with Gasteiger partial charge in [0.15, 0.2) is 5.69 Å². The third-order valence-electron chi connectivity index (χ3n) is 1.66. The molecule has 0 aromatic carbocycles. The molecule has 1 aromatic rings. The van der Waals surface area contributed by atoms with Gasteiger partial charge in [-0.05, 0) is 13.0 Å². The Hall–Kier alpha value is -1.43. The molecule has 1 amide bonds. The van der Waals surface area contributed by atoms with E-state index in [2.05, 4.69) is 33.0 Å². The third kappa shape index (κ3) is 3.53. The van der Waals surface area contributed by atoms with Crippen LogP contribution in [0.2, 0.25) is 0 Å². The lowest BCUT2D eigenvalue weighted by atomic mass is 10.4. The Morgan fingerprint density at radius 3 is 3.00 bits per heavy atom. The molecule has 6 heteroatoms. The number of carbonyl (C=O) groups is 1. The van der Waals surface area contributed by atoms with Crippen LogP contribution in [0.4, 0.5) is 0 Å². The van der Waals surface area contributed by atoms with Crippen LogP contribution in [-0.4, -0.2) is 41.0 Å². The van der Waals surface area contributed by atoms with Gasteiger partial charge in [-0.3, -0.25) is 4.79 Å². The number of carbonyl (C=O) groups excluding carboxylic acids is 1. The number of rotatable bonds is 6. The highest BCUT2D eigenvalue weighted by molar-refractivity contribution is 5.91. The molecule has 1 rings (SSSR count). The number of nitrogens with zero attached hydrogens (tertiary/aromatic N) is 2. The number of nitrogens with one attached hydrogen (secondary N) is 3. The standard InChI is InChI=1S/C8H15N5O/c1-2-3-9-4-5-10-8(14)7-6-11-13-12-7/h6,9H,2-5H2,1H3,(H,10,14)(H,11,12,13). The van der Waals surface area contributed by atoms with Gasteiger partial charge in [-0.2, -0.15) is 15.4 Å². The Balaban J connectivity index is 2.10. The molecule has 0 radical (unpaired) electrons. The molecule has 0 bridgehead atoms. The van der Waals surface area contributed by atoms with Gasteiger partial charge in [0.25, 0.3) is 5.91 Å². The zero-order chi connectivity index (χ0) is 10.2. The monoisotopic (exact) mass is 197 g/mol.